The van der Waals surface area contributed by atoms with Gasteiger partial charge in [0, 0.05) is 18.7 Å². The zero-order valence-corrected chi connectivity index (χ0v) is 16.6. The maximum atomic E-state index is 12.8. The van der Waals surface area contributed by atoms with Crippen molar-refractivity contribution in [2.24, 2.45) is 5.92 Å². The third-order valence-corrected chi connectivity index (χ3v) is 7.51. The smallest absolute Gasteiger partial charge is 0.227 e. The number of carbonyl (C=O) groups is 2. The lowest BCUT2D eigenvalue weighted by Crippen LogP contribution is -2.36. The Kier molecular flexibility index (Phi) is 4.50. The fraction of sp³-hybridized carbons (Fsp3) is 0.333. The number of hydrogen-bond acceptors (Lipinski definition) is 4. The van der Waals surface area contributed by atoms with E-state index in [4.69, 9.17) is 0 Å². The summed E-state index contributed by atoms with van der Waals surface area (Å²) in [7, 11) is -3.39. The second-order valence-corrected chi connectivity index (χ2v) is 9.51. The van der Waals surface area contributed by atoms with Gasteiger partial charge in [0.2, 0.25) is 11.8 Å². The number of fused-ring (bicyclic) bond motifs is 1. The van der Waals surface area contributed by atoms with Crippen LogP contribution in [0.4, 0.5) is 5.69 Å². The van der Waals surface area contributed by atoms with E-state index in [1.165, 1.54) is 0 Å². The zero-order valence-electron chi connectivity index (χ0n) is 15.8. The predicted octanol–water partition coefficient (Wildman–Crippen LogP) is 2.30. The zero-order chi connectivity index (χ0) is 20.1. The van der Waals surface area contributed by atoms with Crippen molar-refractivity contribution in [3.05, 3.63) is 59.2 Å². The highest BCUT2D eigenvalue weighted by molar-refractivity contribution is 7.91. The van der Waals surface area contributed by atoms with Crippen LogP contribution in [0, 0.1) is 19.8 Å². The molecule has 2 aromatic carbocycles. The minimum atomic E-state index is -3.39. The van der Waals surface area contributed by atoms with Crippen molar-refractivity contribution in [1.29, 1.82) is 0 Å². The maximum absolute atomic E-state index is 12.8. The molecule has 0 aromatic heterocycles. The highest BCUT2D eigenvalue weighted by Crippen LogP contribution is 2.34. The molecule has 2 aliphatic rings. The van der Waals surface area contributed by atoms with Gasteiger partial charge >= 0.3 is 0 Å². The number of sulfone groups is 1. The molecule has 2 atom stereocenters. The monoisotopic (exact) mass is 398 g/mol. The van der Waals surface area contributed by atoms with Crippen molar-refractivity contribution in [2.45, 2.75) is 31.2 Å². The van der Waals surface area contributed by atoms with Gasteiger partial charge in [0.15, 0.2) is 9.84 Å². The summed E-state index contributed by atoms with van der Waals surface area (Å²) in [6.45, 7) is 4.25. The van der Waals surface area contributed by atoms with E-state index in [1.807, 2.05) is 32.0 Å². The number of benzene rings is 2. The van der Waals surface area contributed by atoms with E-state index < -0.39 is 21.8 Å². The van der Waals surface area contributed by atoms with Crippen LogP contribution in [0.25, 0.3) is 0 Å². The van der Waals surface area contributed by atoms with Crippen molar-refractivity contribution in [3.63, 3.8) is 0 Å². The summed E-state index contributed by atoms with van der Waals surface area (Å²) in [6.07, 6.45) is 0.125. The Morgan fingerprint density at radius 3 is 2.64 bits per heavy atom. The van der Waals surface area contributed by atoms with E-state index in [9.17, 15) is 18.0 Å². The fourth-order valence-electron chi connectivity index (χ4n) is 4.00. The third-order valence-electron chi connectivity index (χ3n) is 5.69. The third kappa shape index (κ3) is 3.09. The average Bonchev–Trinajstić information content (AvgIpc) is 3.16. The van der Waals surface area contributed by atoms with Crippen LogP contribution >= 0.6 is 0 Å². The first-order chi connectivity index (χ1) is 13.3. The van der Waals surface area contributed by atoms with Crippen molar-refractivity contribution >= 4 is 27.3 Å². The van der Waals surface area contributed by atoms with Crippen LogP contribution < -0.4 is 10.2 Å². The van der Waals surface area contributed by atoms with E-state index in [0.29, 0.717) is 12.1 Å². The summed E-state index contributed by atoms with van der Waals surface area (Å²) < 4.78 is 24.6. The molecule has 0 bridgehead atoms. The van der Waals surface area contributed by atoms with Gasteiger partial charge in [-0.15, -0.1) is 0 Å². The normalized spacial score (nSPS) is 22.9. The first-order valence-corrected chi connectivity index (χ1v) is 10.9. The van der Waals surface area contributed by atoms with Gasteiger partial charge in [0.25, 0.3) is 0 Å². The van der Waals surface area contributed by atoms with Gasteiger partial charge in [-0.2, -0.15) is 0 Å². The first kappa shape index (κ1) is 18.7. The number of aryl methyl sites for hydroxylation is 1. The molecule has 2 aromatic rings. The van der Waals surface area contributed by atoms with Gasteiger partial charge in [-0.1, -0.05) is 30.3 Å². The van der Waals surface area contributed by atoms with Crippen LogP contribution in [0.2, 0.25) is 0 Å². The van der Waals surface area contributed by atoms with Gasteiger partial charge < -0.3 is 10.2 Å². The van der Waals surface area contributed by atoms with E-state index in [-0.39, 0.29) is 28.9 Å². The molecule has 0 spiro atoms. The van der Waals surface area contributed by atoms with E-state index in [1.54, 1.807) is 29.2 Å². The Bertz CT molecular complexity index is 1080. The topological polar surface area (TPSA) is 83.6 Å². The summed E-state index contributed by atoms with van der Waals surface area (Å²) in [5.41, 5.74) is 3.55. The summed E-state index contributed by atoms with van der Waals surface area (Å²) in [4.78, 5) is 27.3. The minimum Gasteiger partial charge on any atom is -0.348 e. The first-order valence-electron chi connectivity index (χ1n) is 9.26. The van der Waals surface area contributed by atoms with Gasteiger partial charge in [-0.25, -0.2) is 8.42 Å². The molecule has 1 N–H and O–H groups in total. The molecule has 28 heavy (non-hydrogen) atoms. The molecular formula is C21H22N2O4S. The Morgan fingerprint density at radius 1 is 1.11 bits per heavy atom. The summed E-state index contributed by atoms with van der Waals surface area (Å²) in [6, 6.07) is 11.9. The van der Waals surface area contributed by atoms with E-state index in [2.05, 4.69) is 5.32 Å². The van der Waals surface area contributed by atoms with Crippen LogP contribution in [0.5, 0.6) is 0 Å². The van der Waals surface area contributed by atoms with Gasteiger partial charge in [-0.05, 0) is 42.7 Å². The molecule has 146 valence electrons. The number of hydrogen-bond donors (Lipinski definition) is 1. The molecule has 2 aliphatic heterocycles. The molecule has 6 nitrogen and oxygen atoms in total. The lowest BCUT2D eigenvalue weighted by Gasteiger charge is -2.21. The van der Waals surface area contributed by atoms with Crippen molar-refractivity contribution < 1.29 is 18.0 Å². The highest BCUT2D eigenvalue weighted by Gasteiger charge is 2.40. The number of carbonyl (C=O) groups excluding carboxylic acids is 2. The number of nitrogens with one attached hydrogen (secondary N) is 1. The van der Waals surface area contributed by atoms with Crippen molar-refractivity contribution in [3.8, 4) is 0 Å². The molecule has 7 heteroatoms. The van der Waals surface area contributed by atoms with E-state index in [0.717, 1.165) is 16.8 Å². The number of amides is 2. The van der Waals surface area contributed by atoms with Crippen molar-refractivity contribution in [1.82, 2.24) is 5.32 Å². The molecule has 4 rings (SSSR count). The molecule has 2 heterocycles. The second kappa shape index (κ2) is 6.74. The second-order valence-electron chi connectivity index (χ2n) is 7.50. The molecule has 2 unspecified atom stereocenters. The Labute approximate surface area is 164 Å². The molecule has 1 saturated heterocycles. The maximum Gasteiger partial charge on any atom is 0.227 e. The summed E-state index contributed by atoms with van der Waals surface area (Å²) in [5, 5.41) is 2.85. The summed E-state index contributed by atoms with van der Waals surface area (Å²) in [5.74, 6) is -1.01. The van der Waals surface area contributed by atoms with Gasteiger partial charge in [0.05, 0.1) is 22.6 Å². The van der Waals surface area contributed by atoms with Crippen LogP contribution in [0.1, 0.15) is 29.2 Å². The molecule has 2 amide bonds. The molecular weight excluding hydrogens is 376 g/mol. The Balaban J connectivity index is 1.52. The SMILES string of the molecule is Cc1cccc(N2CC(C(=O)NC3CS(=O)(=O)c4ccccc43)CC2=O)c1C. The highest BCUT2D eigenvalue weighted by atomic mass is 32.2. The Morgan fingerprint density at radius 2 is 1.86 bits per heavy atom. The summed E-state index contributed by atoms with van der Waals surface area (Å²) >= 11 is 0. The number of nitrogens with zero attached hydrogens (tertiary/aromatic N) is 1. The largest absolute Gasteiger partial charge is 0.348 e. The van der Waals surface area contributed by atoms with Crippen LogP contribution in [-0.4, -0.2) is 32.5 Å². The van der Waals surface area contributed by atoms with Crippen LogP contribution in [0.3, 0.4) is 0 Å². The van der Waals surface area contributed by atoms with Crippen molar-refractivity contribution in [2.75, 3.05) is 17.2 Å². The standard InChI is InChI=1S/C21H22N2O4S/c1-13-6-5-8-18(14(13)2)23-11-15(10-20(23)24)21(25)22-17-12-28(26,27)19-9-4-3-7-16(17)19/h3-9,15,17H,10-12H2,1-2H3,(H,22,25). The van der Waals surface area contributed by atoms with Gasteiger partial charge in [-0.3, -0.25) is 9.59 Å². The lowest BCUT2D eigenvalue weighted by atomic mass is 10.0. The molecule has 0 saturated carbocycles. The Hall–Kier alpha value is -2.67. The molecule has 1 fully saturated rings. The predicted molar refractivity (Wildman–Crippen MR) is 106 cm³/mol. The lowest BCUT2D eigenvalue weighted by molar-refractivity contribution is -0.126. The average molecular weight is 398 g/mol. The van der Waals surface area contributed by atoms with Crippen LogP contribution in [-0.2, 0) is 19.4 Å². The van der Waals surface area contributed by atoms with Gasteiger partial charge in [0.1, 0.15) is 0 Å². The van der Waals surface area contributed by atoms with E-state index >= 15 is 0 Å². The number of rotatable bonds is 3. The van der Waals surface area contributed by atoms with Crippen LogP contribution in [0.15, 0.2) is 47.4 Å². The minimum absolute atomic E-state index is 0.0895. The molecule has 0 radical (unpaired) electrons. The fourth-order valence-corrected chi connectivity index (χ4v) is 5.74. The molecule has 0 aliphatic carbocycles. The number of anilines is 1. The quantitative estimate of drug-likeness (QED) is 0.860.